The number of Topliss-reactive ketones (excluding diaryl/α,β-unsaturated/α-hetero) is 1. The summed E-state index contributed by atoms with van der Waals surface area (Å²) in [7, 11) is 8.03. The van der Waals surface area contributed by atoms with Crippen LogP contribution in [0.2, 0.25) is 0 Å². The molecule has 1 spiro atoms. The Bertz CT molecular complexity index is 1440. The van der Waals surface area contributed by atoms with Gasteiger partial charge in [0.2, 0.25) is 6.41 Å². The lowest BCUT2D eigenvalue weighted by Crippen LogP contribution is -2.50. The number of ether oxygens (including phenoxy) is 7. The maximum atomic E-state index is 13.5. The van der Waals surface area contributed by atoms with Crippen molar-refractivity contribution in [2.24, 2.45) is 29.6 Å². The van der Waals surface area contributed by atoms with Crippen LogP contribution in [0.1, 0.15) is 80.1 Å². The first-order chi connectivity index (χ1) is 28.0. The first-order valence-corrected chi connectivity index (χ1v) is 21.0. The molecule has 2 bridgehead atoms. The first kappa shape index (κ1) is 50.6. The number of hydrogen-bond donors (Lipinski definition) is 3. The van der Waals surface area contributed by atoms with E-state index in [0.29, 0.717) is 44.3 Å². The van der Waals surface area contributed by atoms with Crippen molar-refractivity contribution in [3.63, 3.8) is 0 Å². The van der Waals surface area contributed by atoms with E-state index in [1.165, 1.54) is 23.1 Å². The molecule has 14 heteroatoms. The number of aliphatic hydroxyl groups is 3. The van der Waals surface area contributed by atoms with Gasteiger partial charge in [-0.15, -0.1) is 0 Å². The average molecular weight is 836 g/mol. The van der Waals surface area contributed by atoms with E-state index in [2.05, 4.69) is 0 Å². The van der Waals surface area contributed by atoms with Gasteiger partial charge in [0, 0.05) is 97.1 Å². The zero-order valence-electron chi connectivity index (χ0n) is 37.1. The van der Waals surface area contributed by atoms with Gasteiger partial charge < -0.3 is 53.4 Å². The van der Waals surface area contributed by atoms with Gasteiger partial charge in [-0.25, -0.2) is 4.79 Å². The van der Waals surface area contributed by atoms with Gasteiger partial charge in [-0.05, 0) is 25.7 Å². The molecule has 59 heavy (non-hydrogen) atoms. The average Bonchev–Trinajstić information content (AvgIpc) is 4.03. The largest absolute Gasteiger partial charge is 0.458 e. The van der Waals surface area contributed by atoms with Crippen molar-refractivity contribution >= 4 is 18.2 Å². The Morgan fingerprint density at radius 2 is 1.69 bits per heavy atom. The monoisotopic (exact) mass is 836 g/mol. The quantitative estimate of drug-likeness (QED) is 0.0865. The summed E-state index contributed by atoms with van der Waals surface area (Å²) < 4.78 is 42.7. The van der Waals surface area contributed by atoms with E-state index >= 15 is 0 Å². The SMILES string of the molecule is CO[C@H]([C@H](C)/C=C/N(C)C=O)[C@@H](C)C(=O)CC[C@H](C)[C@H](O)[C@H](C)[C@H]1OC(=O)/C=C\C(C)=C/[C@H](O)[C@H](O)C[C@@H]2C=CC[C@@H](C[C@H](OC)[C@@]3(CO3)[C@@H](OC)C[C@@H](OC)[C@@H]1C)O2. The second-order valence-corrected chi connectivity index (χ2v) is 17.0. The lowest BCUT2D eigenvalue weighted by atomic mass is 9.78. The van der Waals surface area contributed by atoms with Crippen molar-refractivity contribution in [1.82, 2.24) is 4.90 Å². The van der Waals surface area contributed by atoms with Crippen LogP contribution in [0.3, 0.4) is 0 Å². The van der Waals surface area contributed by atoms with Crippen LogP contribution in [-0.4, -0.2) is 147 Å². The topological polar surface area (TPSA) is 183 Å². The van der Waals surface area contributed by atoms with Crippen LogP contribution in [0.4, 0.5) is 0 Å². The number of nitrogens with zero attached hydrogens (tertiary/aromatic N) is 1. The molecule has 3 rings (SSSR count). The molecule has 0 saturated carbocycles. The standard InChI is InChI=1S/C45H73NO13/c1-27-15-18-41(51)59-44(32(6)42(52)28(2)16-17-35(48)30(4)43(56-11)29(3)19-20-46(7)26-47)31(5)38(53-8)24-40(55-10)45(25-57-45)39(54-9)23-34-14-12-13-33(58-34)22-37(50)36(49)21-27/h12-13,15,18-21,26,28-34,36-40,42-44,49-50,52H,14,16-17,22-25H2,1-11H3/b18-15-,20-19+,27-21-/t28-,29+,30-,31-,32-,33-,34-,36-,37+,38+,39-,40-,42-,43+,44-,45-/m0/s1. The minimum absolute atomic E-state index is 0.0111. The van der Waals surface area contributed by atoms with Gasteiger partial charge in [0.15, 0.2) is 0 Å². The number of aliphatic hydroxyl groups excluding tert-OH is 3. The number of cyclic esters (lactones) is 1. The molecule has 0 aliphatic carbocycles. The van der Waals surface area contributed by atoms with Gasteiger partial charge >= 0.3 is 5.97 Å². The van der Waals surface area contributed by atoms with E-state index in [-0.39, 0.29) is 36.6 Å². The third-order valence-electron chi connectivity index (χ3n) is 12.7. The minimum atomic E-state index is -1.21. The summed E-state index contributed by atoms with van der Waals surface area (Å²) in [5.41, 5.74) is -0.255. The van der Waals surface area contributed by atoms with Crippen LogP contribution in [0.25, 0.3) is 0 Å². The third-order valence-corrected chi connectivity index (χ3v) is 12.7. The van der Waals surface area contributed by atoms with Crippen molar-refractivity contribution in [2.45, 2.75) is 147 Å². The predicted molar refractivity (Wildman–Crippen MR) is 222 cm³/mol. The molecule has 0 aromatic carbocycles. The normalized spacial score (nSPS) is 35.7. The number of methoxy groups -OCH3 is 4. The highest BCUT2D eigenvalue weighted by Crippen LogP contribution is 2.43. The van der Waals surface area contributed by atoms with E-state index in [0.717, 1.165) is 0 Å². The van der Waals surface area contributed by atoms with Crippen LogP contribution in [0, 0.1) is 29.6 Å². The lowest BCUT2D eigenvalue weighted by molar-refractivity contribution is -0.159. The summed E-state index contributed by atoms with van der Waals surface area (Å²) in [4.78, 5) is 39.4. The zero-order chi connectivity index (χ0) is 44.0. The van der Waals surface area contributed by atoms with Crippen molar-refractivity contribution in [3.05, 3.63) is 48.2 Å². The third kappa shape index (κ3) is 14.1. The fourth-order valence-electron chi connectivity index (χ4n) is 8.69. The van der Waals surface area contributed by atoms with E-state index in [4.69, 9.17) is 33.2 Å². The Morgan fingerprint density at radius 3 is 2.29 bits per heavy atom. The highest BCUT2D eigenvalue weighted by atomic mass is 16.6. The molecule has 0 radical (unpaired) electrons. The molecule has 0 aromatic heterocycles. The van der Waals surface area contributed by atoms with Crippen molar-refractivity contribution in [3.8, 4) is 0 Å². The molecule has 3 aliphatic heterocycles. The summed E-state index contributed by atoms with van der Waals surface area (Å²) in [6, 6.07) is 0. The zero-order valence-corrected chi connectivity index (χ0v) is 37.1. The summed E-state index contributed by atoms with van der Waals surface area (Å²) in [6.07, 6.45) is 8.00. The maximum Gasteiger partial charge on any atom is 0.331 e. The number of hydrogen-bond acceptors (Lipinski definition) is 13. The van der Waals surface area contributed by atoms with Crippen LogP contribution < -0.4 is 0 Å². The van der Waals surface area contributed by atoms with Crippen LogP contribution in [-0.2, 0) is 47.5 Å². The molecule has 3 aliphatic rings. The van der Waals surface area contributed by atoms with Gasteiger partial charge in [0.1, 0.15) is 17.5 Å². The molecular formula is C45H73NO13. The fraction of sp³-hybridized carbons (Fsp3) is 0.756. The van der Waals surface area contributed by atoms with Crippen molar-refractivity contribution in [2.75, 3.05) is 42.1 Å². The number of ketones is 1. The Balaban J connectivity index is 1.89. The Kier molecular flexibility index (Phi) is 20.6. The molecule has 3 N–H and O–H groups in total. The Labute approximate surface area is 351 Å². The number of allylic oxidation sites excluding steroid dienone is 2. The van der Waals surface area contributed by atoms with E-state index in [1.807, 2.05) is 52.8 Å². The van der Waals surface area contributed by atoms with Crippen molar-refractivity contribution < 1.29 is 62.9 Å². The van der Waals surface area contributed by atoms with E-state index in [1.54, 1.807) is 48.6 Å². The van der Waals surface area contributed by atoms with Crippen LogP contribution in [0.15, 0.2) is 48.2 Å². The van der Waals surface area contributed by atoms with Crippen LogP contribution in [0.5, 0.6) is 0 Å². The fourth-order valence-corrected chi connectivity index (χ4v) is 8.69. The molecule has 1 amide bonds. The number of carbonyl (C=O) groups excluding carboxylic acids is 3. The molecule has 3 heterocycles. The Morgan fingerprint density at radius 1 is 1.03 bits per heavy atom. The van der Waals surface area contributed by atoms with E-state index in [9.17, 15) is 29.7 Å². The highest BCUT2D eigenvalue weighted by molar-refractivity contribution is 5.82. The Hall–Kier alpha value is -2.79. The number of epoxide rings is 1. The van der Waals surface area contributed by atoms with Gasteiger partial charge in [-0.2, -0.15) is 0 Å². The summed E-state index contributed by atoms with van der Waals surface area (Å²) >= 11 is 0. The smallest absolute Gasteiger partial charge is 0.331 e. The first-order valence-electron chi connectivity index (χ1n) is 21.0. The van der Waals surface area contributed by atoms with Gasteiger partial charge in [0.05, 0.1) is 61.5 Å². The summed E-state index contributed by atoms with van der Waals surface area (Å²) in [5.74, 6) is -2.65. The summed E-state index contributed by atoms with van der Waals surface area (Å²) in [5, 5.41) is 33.6. The molecular weight excluding hydrogens is 762 g/mol. The molecule has 1 fully saturated rings. The van der Waals surface area contributed by atoms with Crippen molar-refractivity contribution in [1.29, 1.82) is 0 Å². The minimum Gasteiger partial charge on any atom is -0.458 e. The maximum absolute atomic E-state index is 13.5. The number of amides is 1. The number of fused-ring (bicyclic) bond motifs is 2. The molecule has 1 saturated heterocycles. The van der Waals surface area contributed by atoms with Gasteiger partial charge in [-0.1, -0.05) is 70.6 Å². The molecule has 0 unspecified atom stereocenters. The molecule has 336 valence electrons. The number of rotatable bonds is 16. The van der Waals surface area contributed by atoms with Gasteiger partial charge in [0.25, 0.3) is 0 Å². The summed E-state index contributed by atoms with van der Waals surface area (Å²) in [6.45, 7) is 11.5. The second kappa shape index (κ2) is 24.0. The molecule has 0 aromatic rings. The second-order valence-electron chi connectivity index (χ2n) is 17.0. The van der Waals surface area contributed by atoms with E-state index < -0.39 is 84.3 Å². The molecule has 14 nitrogen and oxygen atoms in total. The number of esters is 1. The molecule has 16 atom stereocenters. The van der Waals surface area contributed by atoms with Gasteiger partial charge in [-0.3, -0.25) is 9.59 Å². The van der Waals surface area contributed by atoms with Crippen LogP contribution >= 0.6 is 0 Å². The predicted octanol–water partition coefficient (Wildman–Crippen LogP) is 4.34. The number of carbonyl (C=O) groups is 3. The lowest BCUT2D eigenvalue weighted by Gasteiger charge is -2.39. The highest BCUT2D eigenvalue weighted by Gasteiger charge is 2.59.